The standard InChI is InChI=1S/C16H34N2/c1-6-7-16(10-17-15-8-9-15)18(11-13(2)3)12-14(4)5/h13-17H,6-12H2,1-5H3. The first kappa shape index (κ1) is 16.0. The Bertz CT molecular complexity index is 199. The average Bonchev–Trinajstić information content (AvgIpc) is 3.05. The highest BCUT2D eigenvalue weighted by Crippen LogP contribution is 2.20. The monoisotopic (exact) mass is 254 g/mol. The molecule has 1 N–H and O–H groups in total. The minimum absolute atomic E-state index is 0.736. The highest BCUT2D eigenvalue weighted by molar-refractivity contribution is 4.84. The van der Waals surface area contributed by atoms with Crippen LogP contribution < -0.4 is 5.32 Å². The van der Waals surface area contributed by atoms with Crippen LogP contribution in [0, 0.1) is 11.8 Å². The molecule has 1 unspecified atom stereocenters. The maximum atomic E-state index is 3.73. The molecule has 0 saturated heterocycles. The molecular formula is C16H34N2. The molecule has 1 saturated carbocycles. The average molecular weight is 254 g/mol. The predicted molar refractivity (Wildman–Crippen MR) is 81.0 cm³/mol. The van der Waals surface area contributed by atoms with Crippen LogP contribution in [0.1, 0.15) is 60.3 Å². The molecule has 1 aliphatic rings. The van der Waals surface area contributed by atoms with Gasteiger partial charge in [0.05, 0.1) is 0 Å². The molecular weight excluding hydrogens is 220 g/mol. The van der Waals surface area contributed by atoms with Gasteiger partial charge in [-0.25, -0.2) is 0 Å². The summed E-state index contributed by atoms with van der Waals surface area (Å²) in [7, 11) is 0. The third-order valence-corrected chi connectivity index (χ3v) is 3.56. The molecule has 0 aromatic carbocycles. The number of nitrogens with one attached hydrogen (secondary N) is 1. The fourth-order valence-electron chi connectivity index (χ4n) is 2.65. The first-order valence-corrected chi connectivity index (χ1v) is 8.00. The molecule has 108 valence electrons. The Labute approximate surface area is 115 Å². The van der Waals surface area contributed by atoms with Crippen LogP contribution in [0.3, 0.4) is 0 Å². The Morgan fingerprint density at radius 1 is 1.06 bits per heavy atom. The van der Waals surface area contributed by atoms with E-state index in [2.05, 4.69) is 44.8 Å². The molecule has 0 aromatic rings. The van der Waals surface area contributed by atoms with Gasteiger partial charge in [-0.3, -0.25) is 4.90 Å². The van der Waals surface area contributed by atoms with Crippen molar-refractivity contribution in [2.24, 2.45) is 11.8 Å². The highest BCUT2D eigenvalue weighted by Gasteiger charge is 2.24. The molecule has 18 heavy (non-hydrogen) atoms. The molecule has 1 aliphatic carbocycles. The van der Waals surface area contributed by atoms with E-state index in [1.165, 1.54) is 45.3 Å². The first-order valence-electron chi connectivity index (χ1n) is 8.00. The van der Waals surface area contributed by atoms with Crippen molar-refractivity contribution in [3.05, 3.63) is 0 Å². The van der Waals surface area contributed by atoms with Crippen molar-refractivity contribution in [3.8, 4) is 0 Å². The first-order chi connectivity index (χ1) is 8.52. The van der Waals surface area contributed by atoms with Gasteiger partial charge in [0.2, 0.25) is 0 Å². The molecule has 0 aliphatic heterocycles. The second-order valence-corrected chi connectivity index (χ2v) is 6.87. The fourth-order valence-corrected chi connectivity index (χ4v) is 2.65. The summed E-state index contributed by atoms with van der Waals surface area (Å²) in [6.07, 6.45) is 5.42. The van der Waals surface area contributed by atoms with E-state index < -0.39 is 0 Å². The van der Waals surface area contributed by atoms with Crippen LogP contribution in [0.25, 0.3) is 0 Å². The zero-order valence-corrected chi connectivity index (χ0v) is 13.2. The third-order valence-electron chi connectivity index (χ3n) is 3.56. The highest BCUT2D eigenvalue weighted by atomic mass is 15.2. The molecule has 2 nitrogen and oxygen atoms in total. The molecule has 0 radical (unpaired) electrons. The van der Waals surface area contributed by atoms with Crippen molar-refractivity contribution in [3.63, 3.8) is 0 Å². The van der Waals surface area contributed by atoms with Gasteiger partial charge >= 0.3 is 0 Å². The summed E-state index contributed by atoms with van der Waals surface area (Å²) in [6.45, 7) is 15.3. The van der Waals surface area contributed by atoms with Crippen LogP contribution in [0.2, 0.25) is 0 Å². The predicted octanol–water partition coefficient (Wildman–Crippen LogP) is 3.52. The lowest BCUT2D eigenvalue weighted by Gasteiger charge is -2.34. The summed E-state index contributed by atoms with van der Waals surface area (Å²) >= 11 is 0. The Balaban J connectivity index is 2.48. The zero-order valence-electron chi connectivity index (χ0n) is 13.2. The molecule has 0 aromatic heterocycles. The van der Waals surface area contributed by atoms with Crippen molar-refractivity contribution >= 4 is 0 Å². The van der Waals surface area contributed by atoms with Crippen molar-refractivity contribution in [2.45, 2.75) is 72.4 Å². The summed E-state index contributed by atoms with van der Waals surface area (Å²) in [6, 6.07) is 1.57. The quantitative estimate of drug-likeness (QED) is 0.642. The fraction of sp³-hybridized carbons (Fsp3) is 1.00. The van der Waals surface area contributed by atoms with Gasteiger partial charge in [-0.1, -0.05) is 41.0 Å². The molecule has 0 spiro atoms. The van der Waals surface area contributed by atoms with Crippen LogP contribution >= 0.6 is 0 Å². The minimum Gasteiger partial charge on any atom is -0.312 e. The van der Waals surface area contributed by atoms with Gasteiger partial charge in [-0.05, 0) is 31.1 Å². The van der Waals surface area contributed by atoms with Crippen LogP contribution in [0.5, 0.6) is 0 Å². The lowest BCUT2D eigenvalue weighted by Crippen LogP contribution is -2.46. The minimum atomic E-state index is 0.736. The van der Waals surface area contributed by atoms with E-state index >= 15 is 0 Å². The Kier molecular flexibility index (Phi) is 7.25. The van der Waals surface area contributed by atoms with E-state index in [1.54, 1.807) is 0 Å². The Hall–Kier alpha value is -0.0800. The second-order valence-electron chi connectivity index (χ2n) is 6.87. The van der Waals surface area contributed by atoms with Gasteiger partial charge in [-0.15, -0.1) is 0 Å². The Morgan fingerprint density at radius 3 is 2.00 bits per heavy atom. The van der Waals surface area contributed by atoms with E-state index in [0.717, 1.165) is 23.9 Å². The molecule has 1 rings (SSSR count). The van der Waals surface area contributed by atoms with Gasteiger partial charge in [0, 0.05) is 31.7 Å². The zero-order chi connectivity index (χ0) is 13.5. The normalized spacial score (nSPS) is 18.0. The van der Waals surface area contributed by atoms with Gasteiger partial charge in [0.1, 0.15) is 0 Å². The number of rotatable bonds is 10. The summed E-state index contributed by atoms with van der Waals surface area (Å²) in [4.78, 5) is 2.73. The molecule has 0 bridgehead atoms. The third kappa shape index (κ3) is 6.75. The summed E-state index contributed by atoms with van der Waals surface area (Å²) in [5.41, 5.74) is 0. The van der Waals surface area contributed by atoms with E-state index in [9.17, 15) is 0 Å². The van der Waals surface area contributed by atoms with E-state index in [-0.39, 0.29) is 0 Å². The smallest absolute Gasteiger partial charge is 0.0220 e. The summed E-state index contributed by atoms with van der Waals surface area (Å²) in [5.74, 6) is 1.54. The molecule has 0 heterocycles. The molecule has 1 fully saturated rings. The molecule has 0 amide bonds. The van der Waals surface area contributed by atoms with Crippen LogP contribution in [-0.2, 0) is 0 Å². The second kappa shape index (κ2) is 8.16. The molecule has 2 heteroatoms. The number of hydrogen-bond acceptors (Lipinski definition) is 2. The lowest BCUT2D eigenvalue weighted by molar-refractivity contribution is 0.145. The van der Waals surface area contributed by atoms with E-state index in [4.69, 9.17) is 0 Å². The molecule has 1 atom stereocenters. The largest absolute Gasteiger partial charge is 0.312 e. The van der Waals surface area contributed by atoms with Crippen molar-refractivity contribution < 1.29 is 0 Å². The Morgan fingerprint density at radius 2 is 1.61 bits per heavy atom. The maximum Gasteiger partial charge on any atom is 0.0220 e. The lowest BCUT2D eigenvalue weighted by atomic mass is 10.0. The summed E-state index contributed by atoms with van der Waals surface area (Å²) in [5, 5.41) is 3.73. The van der Waals surface area contributed by atoms with Gasteiger partial charge in [-0.2, -0.15) is 0 Å². The van der Waals surface area contributed by atoms with Gasteiger partial charge in [0.15, 0.2) is 0 Å². The maximum absolute atomic E-state index is 3.73. The SMILES string of the molecule is CCCC(CNC1CC1)N(CC(C)C)CC(C)C. The van der Waals surface area contributed by atoms with Gasteiger partial charge < -0.3 is 5.32 Å². The van der Waals surface area contributed by atoms with Crippen LogP contribution in [-0.4, -0.2) is 36.6 Å². The number of nitrogens with zero attached hydrogens (tertiary/aromatic N) is 1. The van der Waals surface area contributed by atoms with E-state index in [1.807, 2.05) is 0 Å². The van der Waals surface area contributed by atoms with Crippen molar-refractivity contribution in [1.82, 2.24) is 10.2 Å². The van der Waals surface area contributed by atoms with Crippen molar-refractivity contribution in [2.75, 3.05) is 19.6 Å². The van der Waals surface area contributed by atoms with Crippen LogP contribution in [0.15, 0.2) is 0 Å². The topological polar surface area (TPSA) is 15.3 Å². The number of hydrogen-bond donors (Lipinski definition) is 1. The van der Waals surface area contributed by atoms with Crippen molar-refractivity contribution in [1.29, 1.82) is 0 Å². The van der Waals surface area contributed by atoms with Gasteiger partial charge in [0.25, 0.3) is 0 Å². The summed E-state index contributed by atoms with van der Waals surface area (Å²) < 4.78 is 0. The van der Waals surface area contributed by atoms with E-state index in [0.29, 0.717) is 0 Å². The van der Waals surface area contributed by atoms with Crippen LogP contribution in [0.4, 0.5) is 0 Å².